The number of hydrogen-bond donors (Lipinski definition) is 2. The van der Waals surface area contributed by atoms with E-state index in [0.29, 0.717) is 0 Å². The molecule has 0 saturated carbocycles. The molecule has 0 saturated heterocycles. The second-order valence-electron chi connectivity index (χ2n) is 4.68. The van der Waals surface area contributed by atoms with Gasteiger partial charge in [0.05, 0.1) is 10.5 Å². The van der Waals surface area contributed by atoms with Crippen molar-refractivity contribution in [1.29, 1.82) is 0 Å². The van der Waals surface area contributed by atoms with Crippen LogP contribution < -0.4 is 10.5 Å². The molecule has 1 aromatic heterocycles. The predicted octanol–water partition coefficient (Wildman–Crippen LogP) is 0.308. The fourth-order valence-electron chi connectivity index (χ4n) is 1.64. The van der Waals surface area contributed by atoms with Crippen molar-refractivity contribution in [1.82, 2.24) is 9.97 Å². The normalized spacial score (nSPS) is 12.2. The van der Waals surface area contributed by atoms with Crippen LogP contribution in [-0.2, 0) is 19.6 Å². The Kier molecular flexibility index (Phi) is 5.21. The lowest BCUT2D eigenvalue weighted by Crippen LogP contribution is -2.30. The van der Waals surface area contributed by atoms with E-state index in [-0.39, 0.29) is 16.4 Å². The number of carbonyl (C=O) groups is 2. The summed E-state index contributed by atoms with van der Waals surface area (Å²) in [6.07, 6.45) is 1.80. The quantitative estimate of drug-likeness (QED) is 0.739. The van der Waals surface area contributed by atoms with Crippen molar-refractivity contribution in [2.45, 2.75) is 17.9 Å². The van der Waals surface area contributed by atoms with Gasteiger partial charge in [-0.2, -0.15) is 0 Å². The molecule has 1 aromatic carbocycles. The first-order valence-corrected chi connectivity index (χ1v) is 8.24. The van der Waals surface area contributed by atoms with Crippen molar-refractivity contribution in [3.63, 3.8) is 0 Å². The molecule has 0 radical (unpaired) electrons. The van der Waals surface area contributed by atoms with Crippen molar-refractivity contribution in [2.24, 2.45) is 5.14 Å². The van der Waals surface area contributed by atoms with Gasteiger partial charge in [0.25, 0.3) is 5.91 Å². The number of carbonyl (C=O) groups excluding carboxylic acids is 2. The molecule has 1 amide bonds. The zero-order valence-corrected chi connectivity index (χ0v) is 13.4. The lowest BCUT2D eigenvalue weighted by molar-refractivity contribution is -0.123. The summed E-state index contributed by atoms with van der Waals surface area (Å²) in [5.41, 5.74) is 0.0815. The lowest BCUT2D eigenvalue weighted by Gasteiger charge is -2.12. The number of anilines is 1. The fraction of sp³-hybridized carbons (Fsp3) is 0.143. The van der Waals surface area contributed by atoms with E-state index in [1.165, 1.54) is 43.6 Å². The number of ether oxygens (including phenoxy) is 1. The van der Waals surface area contributed by atoms with Crippen LogP contribution >= 0.6 is 0 Å². The smallest absolute Gasteiger partial charge is 0.338 e. The zero-order chi connectivity index (χ0) is 17.7. The molecule has 126 valence electrons. The van der Waals surface area contributed by atoms with Gasteiger partial charge in [-0.1, -0.05) is 0 Å². The van der Waals surface area contributed by atoms with Gasteiger partial charge < -0.3 is 4.74 Å². The Hall–Kier alpha value is -2.85. The van der Waals surface area contributed by atoms with E-state index in [1.807, 2.05) is 0 Å². The van der Waals surface area contributed by atoms with Gasteiger partial charge in [0, 0.05) is 12.4 Å². The summed E-state index contributed by atoms with van der Waals surface area (Å²) in [5, 5.41) is 7.36. The Morgan fingerprint density at radius 1 is 1.17 bits per heavy atom. The van der Waals surface area contributed by atoms with Crippen LogP contribution in [-0.4, -0.2) is 36.4 Å². The number of hydrogen-bond acceptors (Lipinski definition) is 7. The highest BCUT2D eigenvalue weighted by atomic mass is 32.2. The molecule has 0 aliphatic rings. The number of primary sulfonamides is 1. The van der Waals surface area contributed by atoms with Crippen LogP contribution in [0.3, 0.4) is 0 Å². The van der Waals surface area contributed by atoms with E-state index < -0.39 is 28.0 Å². The Bertz CT molecular complexity index is 837. The van der Waals surface area contributed by atoms with E-state index in [0.717, 1.165) is 0 Å². The Balaban J connectivity index is 1.99. The van der Waals surface area contributed by atoms with Crippen LogP contribution in [0.25, 0.3) is 0 Å². The fourth-order valence-corrected chi connectivity index (χ4v) is 2.15. The number of nitrogens with zero attached hydrogens (tertiary/aromatic N) is 2. The number of sulfonamides is 1. The highest BCUT2D eigenvalue weighted by Gasteiger charge is 2.20. The summed E-state index contributed by atoms with van der Waals surface area (Å²) >= 11 is 0. The standard InChI is InChI=1S/C14H14N4O5S/c1-9(12(19)18-14-16-7-2-8-17-14)23-13(20)10-3-5-11(6-4-10)24(15,21)22/h2-9H,1H3,(H2,15,21,22)(H,16,17,18,19). The van der Waals surface area contributed by atoms with Crippen LogP contribution in [0, 0.1) is 0 Å². The third kappa shape index (κ3) is 4.57. The molecule has 24 heavy (non-hydrogen) atoms. The molecule has 9 nitrogen and oxygen atoms in total. The molecule has 0 fully saturated rings. The van der Waals surface area contributed by atoms with E-state index in [1.54, 1.807) is 6.07 Å². The maximum Gasteiger partial charge on any atom is 0.338 e. The molecule has 0 aliphatic heterocycles. The highest BCUT2D eigenvalue weighted by Crippen LogP contribution is 2.11. The average molecular weight is 350 g/mol. The topological polar surface area (TPSA) is 141 Å². The zero-order valence-electron chi connectivity index (χ0n) is 12.5. The molecule has 2 aromatic rings. The largest absolute Gasteiger partial charge is 0.449 e. The minimum Gasteiger partial charge on any atom is -0.449 e. The first-order valence-electron chi connectivity index (χ1n) is 6.69. The molecule has 1 unspecified atom stereocenters. The van der Waals surface area contributed by atoms with Gasteiger partial charge in [-0.15, -0.1) is 0 Å². The number of rotatable bonds is 5. The van der Waals surface area contributed by atoms with Gasteiger partial charge >= 0.3 is 5.97 Å². The molecule has 0 bridgehead atoms. The van der Waals surface area contributed by atoms with Crippen LogP contribution in [0.5, 0.6) is 0 Å². The Morgan fingerprint density at radius 3 is 2.29 bits per heavy atom. The van der Waals surface area contributed by atoms with E-state index >= 15 is 0 Å². The van der Waals surface area contributed by atoms with E-state index in [9.17, 15) is 18.0 Å². The van der Waals surface area contributed by atoms with Gasteiger partial charge in [0.2, 0.25) is 16.0 Å². The van der Waals surface area contributed by atoms with Crippen molar-refractivity contribution in [2.75, 3.05) is 5.32 Å². The first-order chi connectivity index (χ1) is 11.3. The highest BCUT2D eigenvalue weighted by molar-refractivity contribution is 7.89. The second-order valence-corrected chi connectivity index (χ2v) is 6.24. The van der Waals surface area contributed by atoms with Gasteiger partial charge in [-0.3, -0.25) is 10.1 Å². The van der Waals surface area contributed by atoms with Crippen LogP contribution in [0.2, 0.25) is 0 Å². The molecular weight excluding hydrogens is 336 g/mol. The first kappa shape index (κ1) is 17.5. The molecule has 0 aliphatic carbocycles. The summed E-state index contributed by atoms with van der Waals surface area (Å²) in [7, 11) is -3.85. The van der Waals surface area contributed by atoms with Crippen LogP contribution in [0.4, 0.5) is 5.95 Å². The van der Waals surface area contributed by atoms with Crippen molar-refractivity contribution in [3.8, 4) is 0 Å². The Morgan fingerprint density at radius 2 is 1.75 bits per heavy atom. The molecule has 2 rings (SSSR count). The summed E-state index contributed by atoms with van der Waals surface area (Å²) in [4.78, 5) is 31.4. The number of esters is 1. The molecule has 0 spiro atoms. The molecule has 1 atom stereocenters. The van der Waals surface area contributed by atoms with Gasteiger partial charge in [0.1, 0.15) is 0 Å². The van der Waals surface area contributed by atoms with E-state index in [4.69, 9.17) is 9.88 Å². The number of aromatic nitrogens is 2. The number of nitrogens with two attached hydrogens (primary N) is 1. The van der Waals surface area contributed by atoms with Crippen molar-refractivity contribution in [3.05, 3.63) is 48.3 Å². The molecular formula is C14H14N4O5S. The monoisotopic (exact) mass is 350 g/mol. The number of nitrogens with one attached hydrogen (secondary N) is 1. The van der Waals surface area contributed by atoms with E-state index in [2.05, 4.69) is 15.3 Å². The lowest BCUT2D eigenvalue weighted by atomic mass is 10.2. The Labute approximate surface area is 137 Å². The minimum atomic E-state index is -3.85. The predicted molar refractivity (Wildman–Crippen MR) is 83.4 cm³/mol. The number of benzene rings is 1. The molecule has 10 heteroatoms. The summed E-state index contributed by atoms with van der Waals surface area (Å²) in [6, 6.07) is 6.42. The summed E-state index contributed by atoms with van der Waals surface area (Å²) < 4.78 is 27.3. The van der Waals surface area contributed by atoms with Gasteiger partial charge in [-0.25, -0.2) is 28.3 Å². The average Bonchev–Trinajstić information content (AvgIpc) is 2.55. The van der Waals surface area contributed by atoms with Crippen molar-refractivity contribution >= 4 is 27.8 Å². The molecule has 1 heterocycles. The third-order valence-electron chi connectivity index (χ3n) is 2.87. The van der Waals surface area contributed by atoms with Gasteiger partial charge in [0.15, 0.2) is 6.10 Å². The SMILES string of the molecule is CC(OC(=O)c1ccc(S(N)(=O)=O)cc1)C(=O)Nc1ncccn1. The maximum absolute atomic E-state index is 12.0. The third-order valence-corrected chi connectivity index (χ3v) is 3.80. The molecule has 3 N–H and O–H groups in total. The van der Waals surface area contributed by atoms with Crippen LogP contribution in [0.15, 0.2) is 47.6 Å². The van der Waals surface area contributed by atoms with Crippen LogP contribution in [0.1, 0.15) is 17.3 Å². The number of amides is 1. The van der Waals surface area contributed by atoms with Gasteiger partial charge in [-0.05, 0) is 37.3 Å². The summed E-state index contributed by atoms with van der Waals surface area (Å²) in [6.45, 7) is 1.38. The second kappa shape index (κ2) is 7.15. The maximum atomic E-state index is 12.0. The minimum absolute atomic E-state index is 0.0815. The summed E-state index contributed by atoms with van der Waals surface area (Å²) in [5.74, 6) is -1.30. The van der Waals surface area contributed by atoms with Crippen molar-refractivity contribution < 1.29 is 22.7 Å².